The van der Waals surface area contributed by atoms with Crippen molar-refractivity contribution in [2.24, 2.45) is 0 Å². The van der Waals surface area contributed by atoms with Crippen LogP contribution in [-0.4, -0.2) is 45.0 Å². The fourth-order valence-electron chi connectivity index (χ4n) is 3.60. The predicted octanol–water partition coefficient (Wildman–Crippen LogP) is 4.43. The van der Waals surface area contributed by atoms with Crippen molar-refractivity contribution in [2.75, 3.05) is 14.1 Å². The number of amides is 1. The number of fused-ring (bicyclic) bond motifs is 1. The van der Waals surface area contributed by atoms with E-state index >= 15 is 0 Å². The first-order chi connectivity index (χ1) is 15.2. The maximum Gasteiger partial charge on any atom is 0.417 e. The van der Waals surface area contributed by atoms with Gasteiger partial charge in [0.2, 0.25) is 0 Å². The third-order valence-electron chi connectivity index (χ3n) is 5.13. The number of aliphatic hydroxyl groups excluding tert-OH is 1. The zero-order valence-corrected chi connectivity index (χ0v) is 17.2. The molecule has 0 saturated heterocycles. The highest BCUT2D eigenvalue weighted by Crippen LogP contribution is 2.44. The van der Waals surface area contributed by atoms with Crippen molar-refractivity contribution in [1.82, 2.24) is 19.9 Å². The summed E-state index contributed by atoms with van der Waals surface area (Å²) in [5, 5.41) is 10.3. The Morgan fingerprint density at radius 3 is 2.44 bits per heavy atom. The highest BCUT2D eigenvalue weighted by Gasteiger charge is 2.38. The van der Waals surface area contributed by atoms with E-state index in [9.17, 15) is 23.1 Å². The molecule has 0 spiro atoms. The number of carbonyl (C=O) groups excluding carboxylic acids is 1. The lowest BCUT2D eigenvalue weighted by Crippen LogP contribution is -2.28. The first-order valence-electron chi connectivity index (χ1n) is 9.65. The van der Waals surface area contributed by atoms with Crippen LogP contribution in [0.15, 0.2) is 61.2 Å². The molecule has 0 saturated carbocycles. The summed E-state index contributed by atoms with van der Waals surface area (Å²) in [6.07, 6.45) is -1.12. The third kappa shape index (κ3) is 3.82. The molecule has 32 heavy (non-hydrogen) atoms. The summed E-state index contributed by atoms with van der Waals surface area (Å²) in [4.78, 5) is 24.3. The number of aromatic amines is 1. The number of aromatic nitrogens is 3. The largest absolute Gasteiger partial charge is 0.417 e. The highest BCUT2D eigenvalue weighted by atomic mass is 19.4. The molecule has 0 aliphatic heterocycles. The molecule has 6 nitrogen and oxygen atoms in total. The standard InChI is InChI=1S/C23H19F3N4O2/c1-30(2)22(32)20(31)15-8-14(9-27-10-15)17-12-29-21-18(19(17)23(24,25)26)16(11-28-21)13-6-4-3-5-7-13/h3-12,20,31H,1-2H3,(H,28,29). The fourth-order valence-corrected chi connectivity index (χ4v) is 3.60. The molecule has 4 rings (SSSR count). The van der Waals surface area contributed by atoms with Gasteiger partial charge in [-0.3, -0.25) is 9.78 Å². The van der Waals surface area contributed by atoms with Gasteiger partial charge in [-0.2, -0.15) is 13.2 Å². The molecule has 3 aromatic heterocycles. The minimum absolute atomic E-state index is 0.0588. The lowest BCUT2D eigenvalue weighted by atomic mass is 9.95. The number of nitrogens with one attached hydrogen (secondary N) is 1. The van der Waals surface area contributed by atoms with E-state index in [1.165, 1.54) is 43.7 Å². The molecule has 1 amide bonds. The summed E-state index contributed by atoms with van der Waals surface area (Å²) >= 11 is 0. The second kappa shape index (κ2) is 8.08. The van der Waals surface area contributed by atoms with Crippen molar-refractivity contribution in [3.8, 4) is 22.3 Å². The number of likely N-dealkylation sites (N-methyl/N-ethyl adjacent to an activating group) is 1. The number of hydrogen-bond donors (Lipinski definition) is 2. The van der Waals surface area contributed by atoms with Crippen molar-refractivity contribution in [2.45, 2.75) is 12.3 Å². The zero-order valence-electron chi connectivity index (χ0n) is 17.2. The van der Waals surface area contributed by atoms with Gasteiger partial charge >= 0.3 is 6.18 Å². The molecule has 0 aliphatic carbocycles. The molecule has 1 aromatic carbocycles. The average molecular weight is 440 g/mol. The second-order valence-electron chi connectivity index (χ2n) is 7.48. The van der Waals surface area contributed by atoms with Crippen LogP contribution in [0.4, 0.5) is 13.2 Å². The predicted molar refractivity (Wildman–Crippen MR) is 113 cm³/mol. The van der Waals surface area contributed by atoms with Gasteiger partial charge < -0.3 is 15.0 Å². The molecular weight excluding hydrogens is 421 g/mol. The molecule has 2 N–H and O–H groups in total. The van der Waals surface area contributed by atoms with Gasteiger partial charge in [0.25, 0.3) is 5.91 Å². The fraction of sp³-hybridized carbons (Fsp3) is 0.174. The molecule has 1 unspecified atom stereocenters. The first-order valence-corrected chi connectivity index (χ1v) is 9.65. The van der Waals surface area contributed by atoms with E-state index in [1.54, 1.807) is 30.3 Å². The highest BCUT2D eigenvalue weighted by molar-refractivity contribution is 5.99. The summed E-state index contributed by atoms with van der Waals surface area (Å²) in [5.41, 5.74) is 0.209. The normalized spacial score (nSPS) is 12.7. The molecule has 3 heterocycles. The van der Waals surface area contributed by atoms with Gasteiger partial charge in [0.05, 0.1) is 5.56 Å². The first kappa shape index (κ1) is 21.5. The SMILES string of the molecule is CN(C)C(=O)C(O)c1cncc(-c2cnc3[nH]cc(-c4ccccc4)c3c2C(F)(F)F)c1. The van der Waals surface area contributed by atoms with E-state index in [0.29, 0.717) is 11.1 Å². The van der Waals surface area contributed by atoms with E-state index < -0.39 is 23.8 Å². The Morgan fingerprint density at radius 2 is 1.78 bits per heavy atom. The molecule has 4 aromatic rings. The van der Waals surface area contributed by atoms with Gasteiger partial charge in [-0.1, -0.05) is 30.3 Å². The number of carbonyl (C=O) groups is 1. The average Bonchev–Trinajstić information content (AvgIpc) is 3.21. The monoisotopic (exact) mass is 440 g/mol. The van der Waals surface area contributed by atoms with E-state index in [0.717, 1.165) is 6.20 Å². The van der Waals surface area contributed by atoms with E-state index in [2.05, 4.69) is 15.0 Å². The van der Waals surface area contributed by atoms with Crippen molar-refractivity contribution in [3.05, 3.63) is 72.3 Å². The number of pyridine rings is 2. The van der Waals surface area contributed by atoms with E-state index in [4.69, 9.17) is 0 Å². The van der Waals surface area contributed by atoms with Gasteiger partial charge in [-0.05, 0) is 11.6 Å². The number of H-pyrrole nitrogens is 1. The number of hydrogen-bond acceptors (Lipinski definition) is 4. The van der Waals surface area contributed by atoms with Crippen LogP contribution in [0.2, 0.25) is 0 Å². The van der Waals surface area contributed by atoms with Crippen molar-refractivity contribution in [3.63, 3.8) is 0 Å². The smallest absolute Gasteiger partial charge is 0.378 e. The van der Waals surface area contributed by atoms with Gasteiger partial charge in [-0.15, -0.1) is 0 Å². The Balaban J connectivity index is 1.95. The molecule has 164 valence electrons. The lowest BCUT2D eigenvalue weighted by Gasteiger charge is -2.18. The zero-order chi connectivity index (χ0) is 23.0. The molecule has 9 heteroatoms. The number of halogens is 3. The molecule has 1 atom stereocenters. The Labute approximate surface area is 181 Å². The van der Waals surface area contributed by atoms with Gasteiger partial charge in [-0.25, -0.2) is 4.98 Å². The number of alkyl halides is 3. The molecule has 0 fully saturated rings. The van der Waals surface area contributed by atoms with Crippen molar-refractivity contribution in [1.29, 1.82) is 0 Å². The molecule has 0 radical (unpaired) electrons. The number of rotatable bonds is 4. The number of benzene rings is 1. The Morgan fingerprint density at radius 1 is 1.06 bits per heavy atom. The molecular formula is C23H19F3N4O2. The van der Waals surface area contributed by atoms with Crippen LogP contribution >= 0.6 is 0 Å². The van der Waals surface area contributed by atoms with E-state index in [-0.39, 0.29) is 27.7 Å². The molecule has 0 bridgehead atoms. The Hall–Kier alpha value is -3.72. The lowest BCUT2D eigenvalue weighted by molar-refractivity contribution is -0.138. The summed E-state index contributed by atoms with van der Waals surface area (Å²) < 4.78 is 43.1. The van der Waals surface area contributed by atoms with Crippen molar-refractivity contribution < 1.29 is 23.1 Å². The van der Waals surface area contributed by atoms with Crippen molar-refractivity contribution >= 4 is 16.9 Å². The summed E-state index contributed by atoms with van der Waals surface area (Å²) in [6, 6.07) is 10.0. The Bertz CT molecular complexity index is 1280. The van der Waals surface area contributed by atoms with Crippen LogP contribution < -0.4 is 0 Å². The summed E-state index contributed by atoms with van der Waals surface area (Å²) in [6.45, 7) is 0. The van der Waals surface area contributed by atoms with Gasteiger partial charge in [0, 0.05) is 66.5 Å². The number of nitrogens with zero attached hydrogens (tertiary/aromatic N) is 3. The van der Waals surface area contributed by atoms with Gasteiger partial charge in [0.1, 0.15) is 5.65 Å². The minimum Gasteiger partial charge on any atom is -0.378 e. The van der Waals surface area contributed by atoms with Crippen LogP contribution in [0, 0.1) is 0 Å². The van der Waals surface area contributed by atoms with Gasteiger partial charge in [0.15, 0.2) is 6.10 Å². The van der Waals surface area contributed by atoms with Crippen LogP contribution in [-0.2, 0) is 11.0 Å². The summed E-state index contributed by atoms with van der Waals surface area (Å²) in [7, 11) is 2.94. The van der Waals surface area contributed by atoms with Crippen LogP contribution in [0.5, 0.6) is 0 Å². The van der Waals surface area contributed by atoms with Crippen LogP contribution in [0.1, 0.15) is 17.2 Å². The van der Waals surface area contributed by atoms with Crippen LogP contribution in [0.25, 0.3) is 33.3 Å². The molecule has 0 aliphatic rings. The van der Waals surface area contributed by atoms with Crippen LogP contribution in [0.3, 0.4) is 0 Å². The topological polar surface area (TPSA) is 82.1 Å². The number of aliphatic hydroxyl groups is 1. The maximum atomic E-state index is 14.4. The quantitative estimate of drug-likeness (QED) is 0.492. The second-order valence-corrected chi connectivity index (χ2v) is 7.48. The maximum absolute atomic E-state index is 14.4. The minimum atomic E-state index is -4.70. The summed E-state index contributed by atoms with van der Waals surface area (Å²) in [5.74, 6) is -0.606. The Kier molecular flexibility index (Phi) is 5.43. The third-order valence-corrected chi connectivity index (χ3v) is 5.13. The van der Waals surface area contributed by atoms with E-state index in [1.807, 2.05) is 0 Å².